The molecule has 3 nitrogen and oxygen atoms in total. The molecule has 2 aliphatic heterocycles. The van der Waals surface area contributed by atoms with Crippen LogP contribution < -0.4 is 5.32 Å². The Balaban J connectivity index is 1.72. The number of nitrogens with one attached hydrogen (secondary N) is 1. The first-order valence-corrected chi connectivity index (χ1v) is 7.39. The van der Waals surface area contributed by atoms with Crippen molar-refractivity contribution in [2.24, 2.45) is 0 Å². The minimum absolute atomic E-state index is 0.478. The van der Waals surface area contributed by atoms with Crippen LogP contribution in [-0.2, 0) is 4.74 Å². The van der Waals surface area contributed by atoms with Crippen LogP contribution in [0.1, 0.15) is 46.0 Å². The lowest BCUT2D eigenvalue weighted by molar-refractivity contribution is 0.0300. The van der Waals surface area contributed by atoms with Gasteiger partial charge in [-0.15, -0.1) is 0 Å². The second kappa shape index (κ2) is 6.72. The van der Waals surface area contributed by atoms with Gasteiger partial charge in [0, 0.05) is 19.1 Å². The second-order valence-electron chi connectivity index (χ2n) is 5.65. The van der Waals surface area contributed by atoms with Crippen molar-refractivity contribution in [3.63, 3.8) is 0 Å². The number of ether oxygens (including phenoxy) is 1. The fourth-order valence-electron chi connectivity index (χ4n) is 3.03. The van der Waals surface area contributed by atoms with Gasteiger partial charge in [-0.05, 0) is 45.7 Å². The third-order valence-corrected chi connectivity index (χ3v) is 4.12. The molecule has 0 spiro atoms. The Labute approximate surface area is 106 Å². The largest absolute Gasteiger partial charge is 0.374 e. The molecule has 3 heteroatoms. The summed E-state index contributed by atoms with van der Waals surface area (Å²) in [5.74, 6) is 0. The van der Waals surface area contributed by atoms with Gasteiger partial charge in [0.25, 0.3) is 0 Å². The van der Waals surface area contributed by atoms with Gasteiger partial charge < -0.3 is 10.1 Å². The molecule has 2 aliphatic rings. The molecule has 2 rings (SSSR count). The molecule has 100 valence electrons. The Bertz CT molecular complexity index is 210. The molecule has 2 saturated heterocycles. The van der Waals surface area contributed by atoms with E-state index >= 15 is 0 Å². The Kier molecular flexibility index (Phi) is 5.26. The smallest absolute Gasteiger partial charge is 0.0706 e. The first-order chi connectivity index (χ1) is 8.28. The summed E-state index contributed by atoms with van der Waals surface area (Å²) in [6, 6.07) is 0.711. The maximum absolute atomic E-state index is 5.92. The SMILES string of the molecule is CCN(CC1CCCCN1)CC1CCC(C)O1. The van der Waals surface area contributed by atoms with Gasteiger partial charge in [0.2, 0.25) is 0 Å². The molecule has 0 amide bonds. The van der Waals surface area contributed by atoms with Gasteiger partial charge in [-0.2, -0.15) is 0 Å². The van der Waals surface area contributed by atoms with Crippen LogP contribution in [0.25, 0.3) is 0 Å². The van der Waals surface area contributed by atoms with E-state index in [1.807, 2.05) is 0 Å². The van der Waals surface area contributed by atoms with Crippen LogP contribution in [0, 0.1) is 0 Å². The lowest BCUT2D eigenvalue weighted by Crippen LogP contribution is -2.45. The van der Waals surface area contributed by atoms with Crippen LogP contribution in [0.2, 0.25) is 0 Å². The Morgan fingerprint density at radius 3 is 2.65 bits per heavy atom. The van der Waals surface area contributed by atoms with E-state index in [9.17, 15) is 0 Å². The van der Waals surface area contributed by atoms with E-state index in [4.69, 9.17) is 4.74 Å². The standard InChI is InChI=1S/C14H28N2O/c1-3-16(10-13-6-4-5-9-15-13)11-14-8-7-12(2)17-14/h12-15H,3-11H2,1-2H3. The molecule has 2 fully saturated rings. The van der Waals surface area contributed by atoms with Gasteiger partial charge in [-0.3, -0.25) is 4.90 Å². The summed E-state index contributed by atoms with van der Waals surface area (Å²) in [6.45, 7) is 9.13. The van der Waals surface area contributed by atoms with Crippen LogP contribution >= 0.6 is 0 Å². The van der Waals surface area contributed by atoms with Crippen molar-refractivity contribution in [3.8, 4) is 0 Å². The van der Waals surface area contributed by atoms with Crippen molar-refractivity contribution in [2.75, 3.05) is 26.2 Å². The zero-order valence-corrected chi connectivity index (χ0v) is 11.5. The number of nitrogens with zero attached hydrogens (tertiary/aromatic N) is 1. The van der Waals surface area contributed by atoms with Crippen molar-refractivity contribution < 1.29 is 4.74 Å². The Hall–Kier alpha value is -0.120. The van der Waals surface area contributed by atoms with Gasteiger partial charge in [0.05, 0.1) is 12.2 Å². The maximum atomic E-state index is 5.92. The molecule has 0 aromatic carbocycles. The highest BCUT2D eigenvalue weighted by atomic mass is 16.5. The van der Waals surface area contributed by atoms with Crippen molar-refractivity contribution >= 4 is 0 Å². The molecule has 3 atom stereocenters. The predicted octanol–water partition coefficient (Wildman–Crippen LogP) is 2.02. The minimum atomic E-state index is 0.478. The lowest BCUT2D eigenvalue weighted by Gasteiger charge is -2.31. The van der Waals surface area contributed by atoms with E-state index in [1.54, 1.807) is 0 Å². The zero-order chi connectivity index (χ0) is 12.1. The van der Waals surface area contributed by atoms with E-state index in [0.29, 0.717) is 18.2 Å². The molecule has 3 unspecified atom stereocenters. The van der Waals surface area contributed by atoms with Gasteiger partial charge in [0.1, 0.15) is 0 Å². The summed E-state index contributed by atoms with van der Waals surface area (Å²) in [4.78, 5) is 2.56. The molecule has 17 heavy (non-hydrogen) atoms. The summed E-state index contributed by atoms with van der Waals surface area (Å²) < 4.78 is 5.92. The first-order valence-electron chi connectivity index (χ1n) is 7.39. The fourth-order valence-corrected chi connectivity index (χ4v) is 3.03. The van der Waals surface area contributed by atoms with E-state index in [2.05, 4.69) is 24.1 Å². The van der Waals surface area contributed by atoms with Crippen LogP contribution in [0.3, 0.4) is 0 Å². The van der Waals surface area contributed by atoms with Gasteiger partial charge in [-0.25, -0.2) is 0 Å². The summed E-state index contributed by atoms with van der Waals surface area (Å²) >= 11 is 0. The van der Waals surface area contributed by atoms with Gasteiger partial charge >= 0.3 is 0 Å². The van der Waals surface area contributed by atoms with Gasteiger partial charge in [-0.1, -0.05) is 13.3 Å². The number of likely N-dealkylation sites (N-methyl/N-ethyl adjacent to an activating group) is 1. The fraction of sp³-hybridized carbons (Fsp3) is 1.00. The molecule has 0 saturated carbocycles. The summed E-state index contributed by atoms with van der Waals surface area (Å²) in [5.41, 5.74) is 0. The third kappa shape index (κ3) is 4.23. The number of rotatable bonds is 5. The number of hydrogen-bond acceptors (Lipinski definition) is 3. The van der Waals surface area contributed by atoms with Gasteiger partial charge in [0.15, 0.2) is 0 Å². The van der Waals surface area contributed by atoms with Crippen LogP contribution in [0.5, 0.6) is 0 Å². The molecule has 0 aliphatic carbocycles. The molecule has 0 aromatic rings. The monoisotopic (exact) mass is 240 g/mol. The number of piperidine rings is 1. The summed E-state index contributed by atoms with van der Waals surface area (Å²) in [7, 11) is 0. The van der Waals surface area contributed by atoms with Crippen molar-refractivity contribution in [2.45, 2.75) is 64.2 Å². The van der Waals surface area contributed by atoms with E-state index in [0.717, 1.165) is 13.1 Å². The highest BCUT2D eigenvalue weighted by molar-refractivity contribution is 4.79. The first kappa shape index (κ1) is 13.3. The molecule has 0 radical (unpaired) electrons. The molecule has 1 N–H and O–H groups in total. The molecular formula is C14H28N2O. The second-order valence-corrected chi connectivity index (χ2v) is 5.65. The van der Waals surface area contributed by atoms with E-state index < -0.39 is 0 Å². The highest BCUT2D eigenvalue weighted by Gasteiger charge is 2.24. The predicted molar refractivity (Wildman–Crippen MR) is 71.3 cm³/mol. The third-order valence-electron chi connectivity index (χ3n) is 4.12. The van der Waals surface area contributed by atoms with E-state index in [1.165, 1.54) is 45.2 Å². The average molecular weight is 240 g/mol. The summed E-state index contributed by atoms with van der Waals surface area (Å²) in [6.07, 6.45) is 7.54. The maximum Gasteiger partial charge on any atom is 0.0706 e. The Morgan fingerprint density at radius 2 is 2.06 bits per heavy atom. The molecule has 0 bridgehead atoms. The minimum Gasteiger partial charge on any atom is -0.374 e. The highest BCUT2D eigenvalue weighted by Crippen LogP contribution is 2.20. The number of hydrogen-bond donors (Lipinski definition) is 1. The average Bonchev–Trinajstić information content (AvgIpc) is 2.75. The van der Waals surface area contributed by atoms with Crippen LogP contribution in [0.4, 0.5) is 0 Å². The van der Waals surface area contributed by atoms with Crippen LogP contribution in [0.15, 0.2) is 0 Å². The Morgan fingerprint density at radius 1 is 1.18 bits per heavy atom. The van der Waals surface area contributed by atoms with Crippen molar-refractivity contribution in [3.05, 3.63) is 0 Å². The molecular weight excluding hydrogens is 212 g/mol. The zero-order valence-electron chi connectivity index (χ0n) is 11.5. The quantitative estimate of drug-likeness (QED) is 0.795. The molecule has 0 aromatic heterocycles. The van der Waals surface area contributed by atoms with Crippen molar-refractivity contribution in [1.82, 2.24) is 10.2 Å². The summed E-state index contributed by atoms with van der Waals surface area (Å²) in [5, 5.41) is 3.64. The van der Waals surface area contributed by atoms with Crippen LogP contribution in [-0.4, -0.2) is 49.3 Å². The van der Waals surface area contributed by atoms with E-state index in [-0.39, 0.29) is 0 Å². The normalized spacial score (nSPS) is 34.4. The topological polar surface area (TPSA) is 24.5 Å². The molecule has 2 heterocycles. The van der Waals surface area contributed by atoms with Crippen molar-refractivity contribution in [1.29, 1.82) is 0 Å². The lowest BCUT2D eigenvalue weighted by atomic mass is 10.0.